The predicted octanol–water partition coefficient (Wildman–Crippen LogP) is 1.81. The largest absolute Gasteiger partial charge is 0.318 e. The van der Waals surface area contributed by atoms with Crippen LogP contribution in [0.2, 0.25) is 5.02 Å². The summed E-state index contributed by atoms with van der Waals surface area (Å²) in [6.07, 6.45) is 0. The van der Waals surface area contributed by atoms with Crippen LogP contribution in [0.25, 0.3) is 0 Å². The van der Waals surface area contributed by atoms with Crippen molar-refractivity contribution in [3.8, 4) is 0 Å². The van der Waals surface area contributed by atoms with E-state index in [0.29, 0.717) is 10.8 Å². The molecule has 1 atom stereocenters. The van der Waals surface area contributed by atoms with E-state index < -0.39 is 0 Å². The van der Waals surface area contributed by atoms with Crippen LogP contribution in [0.5, 0.6) is 0 Å². The topological polar surface area (TPSA) is 67.6 Å². The highest BCUT2D eigenvalue weighted by Crippen LogP contribution is 2.23. The van der Waals surface area contributed by atoms with Gasteiger partial charge in [0.05, 0.1) is 6.04 Å². The molecular weight excluding hydrogens is 212 g/mol. The molecule has 0 spiro atoms. The lowest BCUT2D eigenvalue weighted by Gasteiger charge is -2.09. The highest BCUT2D eigenvalue weighted by molar-refractivity contribution is 6.31. The van der Waals surface area contributed by atoms with Crippen LogP contribution >= 0.6 is 11.6 Å². The summed E-state index contributed by atoms with van der Waals surface area (Å²) in [7, 11) is 0. The first-order chi connectivity index (χ1) is 7.18. The summed E-state index contributed by atoms with van der Waals surface area (Å²) in [5.74, 6) is 1.30. The van der Waals surface area contributed by atoms with E-state index in [1.807, 2.05) is 25.1 Å². The first-order valence-corrected chi connectivity index (χ1v) is 4.95. The summed E-state index contributed by atoms with van der Waals surface area (Å²) in [5.41, 5.74) is 6.83. The van der Waals surface area contributed by atoms with E-state index in [2.05, 4.69) is 15.2 Å². The normalized spacial score (nSPS) is 12.7. The van der Waals surface area contributed by atoms with Crippen molar-refractivity contribution in [2.45, 2.75) is 13.0 Å². The molecule has 2 aromatic rings. The molecule has 3 N–H and O–H groups in total. The zero-order valence-electron chi connectivity index (χ0n) is 8.24. The van der Waals surface area contributed by atoms with Crippen LogP contribution in [0.1, 0.15) is 23.3 Å². The van der Waals surface area contributed by atoms with Crippen molar-refractivity contribution in [3.05, 3.63) is 46.5 Å². The van der Waals surface area contributed by atoms with Gasteiger partial charge in [0.25, 0.3) is 0 Å². The molecule has 4 nitrogen and oxygen atoms in total. The van der Waals surface area contributed by atoms with Gasteiger partial charge in [0, 0.05) is 5.02 Å². The maximum absolute atomic E-state index is 6.03. The lowest BCUT2D eigenvalue weighted by molar-refractivity contribution is 0.787. The minimum atomic E-state index is -0.386. The van der Waals surface area contributed by atoms with Crippen LogP contribution in [0.15, 0.2) is 24.3 Å². The number of nitrogens with zero attached hydrogens (tertiary/aromatic N) is 2. The first-order valence-electron chi connectivity index (χ1n) is 4.57. The molecule has 15 heavy (non-hydrogen) atoms. The van der Waals surface area contributed by atoms with E-state index in [9.17, 15) is 0 Å². The molecule has 1 heterocycles. The Bertz CT molecular complexity index is 466. The van der Waals surface area contributed by atoms with Gasteiger partial charge in [-0.25, -0.2) is 4.98 Å². The zero-order chi connectivity index (χ0) is 10.8. The van der Waals surface area contributed by atoms with Crippen molar-refractivity contribution < 1.29 is 0 Å². The van der Waals surface area contributed by atoms with E-state index in [1.165, 1.54) is 0 Å². The van der Waals surface area contributed by atoms with Gasteiger partial charge in [0.1, 0.15) is 5.82 Å². The number of nitrogens with one attached hydrogen (secondary N) is 1. The third-order valence-electron chi connectivity index (χ3n) is 2.13. The first kappa shape index (κ1) is 10.1. The number of rotatable bonds is 2. The van der Waals surface area contributed by atoms with E-state index in [-0.39, 0.29) is 6.04 Å². The van der Waals surface area contributed by atoms with Gasteiger partial charge in [-0.15, -0.1) is 0 Å². The van der Waals surface area contributed by atoms with E-state index in [0.717, 1.165) is 11.4 Å². The summed E-state index contributed by atoms with van der Waals surface area (Å²) in [6, 6.07) is 7.04. The molecule has 0 aliphatic rings. The molecule has 1 aromatic heterocycles. The molecule has 2 rings (SSSR count). The molecule has 0 aliphatic carbocycles. The Labute approximate surface area is 92.5 Å². The van der Waals surface area contributed by atoms with Crippen molar-refractivity contribution >= 4 is 11.6 Å². The second-order valence-corrected chi connectivity index (χ2v) is 3.69. The number of aryl methyl sites for hydroxylation is 1. The maximum atomic E-state index is 6.03. The molecule has 0 fully saturated rings. The number of halogens is 1. The summed E-state index contributed by atoms with van der Waals surface area (Å²) in [6.45, 7) is 1.83. The Morgan fingerprint density at radius 3 is 2.73 bits per heavy atom. The fraction of sp³-hybridized carbons (Fsp3) is 0.200. The molecular formula is C10H11ClN4. The maximum Gasteiger partial charge on any atom is 0.171 e. The number of nitrogens with two attached hydrogens (primary N) is 1. The van der Waals surface area contributed by atoms with E-state index in [1.54, 1.807) is 6.07 Å². The molecule has 1 aromatic carbocycles. The molecule has 0 saturated carbocycles. The second-order valence-electron chi connectivity index (χ2n) is 3.28. The average molecular weight is 223 g/mol. The third-order valence-corrected chi connectivity index (χ3v) is 2.48. The van der Waals surface area contributed by atoms with Crippen molar-refractivity contribution in [1.29, 1.82) is 0 Å². The lowest BCUT2D eigenvalue weighted by Crippen LogP contribution is -2.14. The Morgan fingerprint density at radius 2 is 2.13 bits per heavy atom. The Morgan fingerprint density at radius 1 is 1.40 bits per heavy atom. The van der Waals surface area contributed by atoms with Crippen LogP contribution in [-0.2, 0) is 0 Å². The molecule has 0 saturated heterocycles. The van der Waals surface area contributed by atoms with Crippen molar-refractivity contribution in [2.75, 3.05) is 0 Å². The van der Waals surface area contributed by atoms with Crippen LogP contribution in [-0.4, -0.2) is 15.2 Å². The van der Waals surface area contributed by atoms with E-state index >= 15 is 0 Å². The molecule has 0 aliphatic heterocycles. The van der Waals surface area contributed by atoms with Crippen LogP contribution in [0.4, 0.5) is 0 Å². The second kappa shape index (κ2) is 4.00. The minimum Gasteiger partial charge on any atom is -0.318 e. The summed E-state index contributed by atoms with van der Waals surface area (Å²) in [5, 5.41) is 7.40. The van der Waals surface area contributed by atoms with Gasteiger partial charge in [0.2, 0.25) is 0 Å². The number of hydrogen-bond acceptors (Lipinski definition) is 3. The van der Waals surface area contributed by atoms with Gasteiger partial charge in [-0.1, -0.05) is 29.8 Å². The van der Waals surface area contributed by atoms with Crippen LogP contribution < -0.4 is 5.73 Å². The standard InChI is InChI=1S/C10H11ClN4/c1-6-13-10(15-14-6)9(12)7-4-2-3-5-8(7)11/h2-5,9H,12H2,1H3,(H,13,14,15)/t9-/m1/s1. The molecule has 0 radical (unpaired) electrons. The Kier molecular flexibility index (Phi) is 2.70. The van der Waals surface area contributed by atoms with Gasteiger partial charge in [-0.2, -0.15) is 5.10 Å². The van der Waals surface area contributed by atoms with Gasteiger partial charge in [-0.05, 0) is 18.6 Å². The molecule has 78 valence electrons. The van der Waals surface area contributed by atoms with Gasteiger partial charge in [0.15, 0.2) is 5.82 Å². The number of H-pyrrole nitrogens is 1. The molecule has 0 amide bonds. The summed E-state index contributed by atoms with van der Waals surface area (Å²) >= 11 is 6.03. The van der Waals surface area contributed by atoms with Gasteiger partial charge >= 0.3 is 0 Å². The highest BCUT2D eigenvalue weighted by Gasteiger charge is 2.15. The zero-order valence-corrected chi connectivity index (χ0v) is 8.99. The molecule has 0 unspecified atom stereocenters. The number of aromatic amines is 1. The summed E-state index contributed by atoms with van der Waals surface area (Å²) < 4.78 is 0. The monoisotopic (exact) mass is 222 g/mol. The van der Waals surface area contributed by atoms with Gasteiger partial charge < -0.3 is 5.73 Å². The lowest BCUT2D eigenvalue weighted by atomic mass is 10.1. The fourth-order valence-electron chi connectivity index (χ4n) is 1.37. The average Bonchev–Trinajstić information content (AvgIpc) is 2.65. The van der Waals surface area contributed by atoms with Crippen molar-refractivity contribution in [1.82, 2.24) is 15.2 Å². The Hall–Kier alpha value is -1.39. The molecule has 5 heteroatoms. The van der Waals surface area contributed by atoms with Crippen molar-refractivity contribution in [2.24, 2.45) is 5.73 Å². The van der Waals surface area contributed by atoms with Gasteiger partial charge in [-0.3, -0.25) is 5.10 Å². The van der Waals surface area contributed by atoms with Crippen LogP contribution in [0.3, 0.4) is 0 Å². The Balaban J connectivity index is 2.36. The number of benzene rings is 1. The number of aromatic nitrogens is 3. The quantitative estimate of drug-likeness (QED) is 0.815. The molecule has 0 bridgehead atoms. The number of hydrogen-bond donors (Lipinski definition) is 2. The minimum absolute atomic E-state index is 0.386. The smallest absolute Gasteiger partial charge is 0.171 e. The highest BCUT2D eigenvalue weighted by atomic mass is 35.5. The van der Waals surface area contributed by atoms with Crippen molar-refractivity contribution in [3.63, 3.8) is 0 Å². The fourth-order valence-corrected chi connectivity index (χ4v) is 1.62. The van der Waals surface area contributed by atoms with E-state index in [4.69, 9.17) is 17.3 Å². The SMILES string of the molecule is Cc1nc([C@H](N)c2ccccc2Cl)n[nH]1. The van der Waals surface area contributed by atoms with Crippen LogP contribution in [0, 0.1) is 6.92 Å². The third kappa shape index (κ3) is 2.00. The summed E-state index contributed by atoms with van der Waals surface area (Å²) in [4.78, 5) is 4.18. The predicted molar refractivity (Wildman–Crippen MR) is 58.6 cm³/mol.